The van der Waals surface area contributed by atoms with E-state index in [0.29, 0.717) is 6.04 Å². The highest BCUT2D eigenvalue weighted by Gasteiger charge is 2.15. The molecule has 0 fully saturated rings. The number of aryl methyl sites for hydroxylation is 1. The highest BCUT2D eigenvalue weighted by Crippen LogP contribution is 2.24. The molecule has 1 unspecified atom stereocenters. The minimum absolute atomic E-state index is 0.0166. The number of amides is 1. The second kappa shape index (κ2) is 8.70. The van der Waals surface area contributed by atoms with Crippen LogP contribution in [-0.4, -0.2) is 16.9 Å². The summed E-state index contributed by atoms with van der Waals surface area (Å²) >= 11 is 0. The molecule has 3 rings (SSSR count). The standard InChI is InChI=1S/C24H27N3O/c1-16(2)26-22-9-5-19(6-10-22)18(4)24(28)27-23-11-7-20(8-12-23)21-13-14-25-17(3)15-21/h5-16,18,26H,1-4H3,(H,27,28). The summed E-state index contributed by atoms with van der Waals surface area (Å²) in [6.07, 6.45) is 1.81. The highest BCUT2D eigenvalue weighted by atomic mass is 16.1. The minimum Gasteiger partial charge on any atom is -0.383 e. The molecule has 1 heterocycles. The molecule has 1 aromatic heterocycles. The number of aromatic nitrogens is 1. The van der Waals surface area contributed by atoms with Gasteiger partial charge in [-0.3, -0.25) is 9.78 Å². The molecule has 2 aromatic carbocycles. The van der Waals surface area contributed by atoms with Gasteiger partial charge in [0.05, 0.1) is 5.92 Å². The average Bonchev–Trinajstić information content (AvgIpc) is 2.68. The fourth-order valence-electron chi connectivity index (χ4n) is 3.07. The van der Waals surface area contributed by atoms with Crippen LogP contribution in [0, 0.1) is 6.92 Å². The molecule has 0 spiro atoms. The molecule has 0 aliphatic rings. The SMILES string of the molecule is Cc1cc(-c2ccc(NC(=O)C(C)c3ccc(NC(C)C)cc3)cc2)ccn1. The third-order valence-electron chi connectivity index (χ3n) is 4.64. The van der Waals surface area contributed by atoms with Crippen molar-refractivity contribution in [2.24, 2.45) is 0 Å². The summed E-state index contributed by atoms with van der Waals surface area (Å²) in [5, 5.41) is 6.37. The van der Waals surface area contributed by atoms with Crippen LogP contribution in [0.2, 0.25) is 0 Å². The third-order valence-corrected chi connectivity index (χ3v) is 4.64. The first kappa shape index (κ1) is 19.6. The van der Waals surface area contributed by atoms with Crippen molar-refractivity contribution >= 4 is 17.3 Å². The quantitative estimate of drug-likeness (QED) is 0.590. The van der Waals surface area contributed by atoms with Gasteiger partial charge in [0.25, 0.3) is 0 Å². The Morgan fingerprint density at radius 3 is 2.11 bits per heavy atom. The van der Waals surface area contributed by atoms with E-state index in [0.717, 1.165) is 33.8 Å². The maximum Gasteiger partial charge on any atom is 0.231 e. The molecule has 3 aromatic rings. The van der Waals surface area contributed by atoms with E-state index in [9.17, 15) is 4.79 Å². The summed E-state index contributed by atoms with van der Waals surface area (Å²) in [5.41, 5.74) is 6.06. The molecule has 0 aliphatic carbocycles. The van der Waals surface area contributed by atoms with E-state index in [1.165, 1.54) is 0 Å². The molecule has 0 radical (unpaired) electrons. The molecule has 4 nitrogen and oxygen atoms in total. The molecular weight excluding hydrogens is 346 g/mol. The van der Waals surface area contributed by atoms with Gasteiger partial charge in [0.1, 0.15) is 0 Å². The van der Waals surface area contributed by atoms with E-state index in [4.69, 9.17) is 0 Å². The third kappa shape index (κ3) is 4.97. The van der Waals surface area contributed by atoms with Crippen LogP contribution in [0.1, 0.15) is 37.9 Å². The zero-order valence-electron chi connectivity index (χ0n) is 16.9. The van der Waals surface area contributed by atoms with Crippen molar-refractivity contribution in [3.63, 3.8) is 0 Å². The Morgan fingerprint density at radius 1 is 0.857 bits per heavy atom. The smallest absolute Gasteiger partial charge is 0.231 e. The molecule has 0 saturated heterocycles. The van der Waals surface area contributed by atoms with Gasteiger partial charge in [0, 0.05) is 29.3 Å². The second-order valence-electron chi connectivity index (χ2n) is 7.40. The van der Waals surface area contributed by atoms with E-state index in [1.54, 1.807) is 0 Å². The zero-order valence-corrected chi connectivity index (χ0v) is 16.9. The summed E-state index contributed by atoms with van der Waals surface area (Å²) in [6, 6.07) is 20.4. The Hall–Kier alpha value is -3.14. The Morgan fingerprint density at radius 2 is 1.50 bits per heavy atom. The van der Waals surface area contributed by atoms with Crippen LogP contribution in [0.25, 0.3) is 11.1 Å². The molecule has 2 N–H and O–H groups in total. The first-order chi connectivity index (χ1) is 13.4. The molecule has 0 aliphatic heterocycles. The van der Waals surface area contributed by atoms with Gasteiger partial charge in [-0.15, -0.1) is 0 Å². The van der Waals surface area contributed by atoms with Crippen LogP contribution >= 0.6 is 0 Å². The number of hydrogen-bond acceptors (Lipinski definition) is 3. The van der Waals surface area contributed by atoms with Crippen molar-refractivity contribution in [2.75, 3.05) is 10.6 Å². The van der Waals surface area contributed by atoms with Crippen LogP contribution in [0.3, 0.4) is 0 Å². The normalized spacial score (nSPS) is 11.9. The molecule has 0 bridgehead atoms. The number of nitrogens with one attached hydrogen (secondary N) is 2. The van der Waals surface area contributed by atoms with Crippen molar-refractivity contribution in [1.82, 2.24) is 4.98 Å². The number of pyridine rings is 1. The maximum absolute atomic E-state index is 12.6. The van der Waals surface area contributed by atoms with Crippen molar-refractivity contribution in [1.29, 1.82) is 0 Å². The predicted octanol–water partition coefficient (Wildman–Crippen LogP) is 5.62. The predicted molar refractivity (Wildman–Crippen MR) is 117 cm³/mol. The van der Waals surface area contributed by atoms with Crippen LogP contribution in [0.4, 0.5) is 11.4 Å². The maximum atomic E-state index is 12.6. The lowest BCUT2D eigenvalue weighted by atomic mass is 9.99. The van der Waals surface area contributed by atoms with Gasteiger partial charge in [-0.25, -0.2) is 0 Å². The topological polar surface area (TPSA) is 54.0 Å². The van der Waals surface area contributed by atoms with E-state index in [2.05, 4.69) is 29.5 Å². The van der Waals surface area contributed by atoms with Crippen LogP contribution in [0.5, 0.6) is 0 Å². The van der Waals surface area contributed by atoms with Gasteiger partial charge in [0.2, 0.25) is 5.91 Å². The van der Waals surface area contributed by atoms with Gasteiger partial charge in [-0.1, -0.05) is 24.3 Å². The Bertz CT molecular complexity index is 931. The number of rotatable bonds is 6. The number of carbonyl (C=O) groups excluding carboxylic acids is 1. The van der Waals surface area contributed by atoms with E-state index < -0.39 is 0 Å². The van der Waals surface area contributed by atoms with Crippen molar-refractivity contribution in [3.8, 4) is 11.1 Å². The van der Waals surface area contributed by atoms with Crippen LogP contribution in [0.15, 0.2) is 66.9 Å². The zero-order chi connectivity index (χ0) is 20.1. The lowest BCUT2D eigenvalue weighted by molar-refractivity contribution is -0.117. The number of hydrogen-bond donors (Lipinski definition) is 2. The first-order valence-electron chi connectivity index (χ1n) is 9.63. The van der Waals surface area contributed by atoms with E-state index >= 15 is 0 Å². The number of carbonyl (C=O) groups is 1. The fraction of sp³-hybridized carbons (Fsp3) is 0.250. The van der Waals surface area contributed by atoms with Gasteiger partial charge >= 0.3 is 0 Å². The van der Waals surface area contributed by atoms with E-state index in [1.807, 2.05) is 80.7 Å². The van der Waals surface area contributed by atoms with Crippen molar-refractivity contribution < 1.29 is 4.79 Å². The van der Waals surface area contributed by atoms with Gasteiger partial charge < -0.3 is 10.6 Å². The van der Waals surface area contributed by atoms with E-state index in [-0.39, 0.29) is 11.8 Å². The minimum atomic E-state index is -0.226. The fourth-order valence-corrected chi connectivity index (χ4v) is 3.07. The Balaban J connectivity index is 1.65. The Labute approximate surface area is 167 Å². The lowest BCUT2D eigenvalue weighted by Gasteiger charge is -2.15. The molecule has 1 amide bonds. The average molecular weight is 374 g/mol. The van der Waals surface area contributed by atoms with Gasteiger partial charge in [-0.05, 0) is 80.8 Å². The monoisotopic (exact) mass is 373 g/mol. The molecule has 0 saturated carbocycles. The van der Waals surface area contributed by atoms with Crippen LogP contribution < -0.4 is 10.6 Å². The van der Waals surface area contributed by atoms with Gasteiger partial charge in [-0.2, -0.15) is 0 Å². The molecule has 144 valence electrons. The summed E-state index contributed by atoms with van der Waals surface area (Å²) in [6.45, 7) is 8.11. The molecular formula is C24H27N3O. The summed E-state index contributed by atoms with van der Waals surface area (Å²) in [5.74, 6) is -0.243. The van der Waals surface area contributed by atoms with Crippen LogP contribution in [-0.2, 0) is 4.79 Å². The number of anilines is 2. The van der Waals surface area contributed by atoms with Crippen molar-refractivity contribution in [2.45, 2.75) is 39.7 Å². The largest absolute Gasteiger partial charge is 0.383 e. The summed E-state index contributed by atoms with van der Waals surface area (Å²) in [4.78, 5) is 16.9. The van der Waals surface area contributed by atoms with Crippen molar-refractivity contribution in [3.05, 3.63) is 78.1 Å². The molecule has 1 atom stereocenters. The summed E-state index contributed by atoms with van der Waals surface area (Å²) in [7, 11) is 0. The number of benzene rings is 2. The molecule has 4 heteroatoms. The highest BCUT2D eigenvalue weighted by molar-refractivity contribution is 5.95. The van der Waals surface area contributed by atoms with Gasteiger partial charge in [0.15, 0.2) is 0 Å². The second-order valence-corrected chi connectivity index (χ2v) is 7.40. The lowest BCUT2D eigenvalue weighted by Crippen LogP contribution is -2.19. The first-order valence-corrected chi connectivity index (χ1v) is 9.63. The Kier molecular flexibility index (Phi) is 6.09. The molecule has 28 heavy (non-hydrogen) atoms. The number of nitrogens with zero attached hydrogens (tertiary/aromatic N) is 1. The summed E-state index contributed by atoms with van der Waals surface area (Å²) < 4.78 is 0.